The molecule has 4 fully saturated rings. The highest BCUT2D eigenvalue weighted by Crippen LogP contribution is 2.49. The monoisotopic (exact) mass is 456 g/mol. The minimum absolute atomic E-state index is 0.0493. The van der Waals surface area contributed by atoms with Gasteiger partial charge in [0.2, 0.25) is 0 Å². The lowest BCUT2D eigenvalue weighted by Gasteiger charge is -2.48. The molecule has 1 aromatic rings. The molecule has 8 nitrogen and oxygen atoms in total. The van der Waals surface area contributed by atoms with E-state index < -0.39 is 0 Å². The third kappa shape index (κ3) is 4.49. The summed E-state index contributed by atoms with van der Waals surface area (Å²) >= 11 is 0. The molecule has 4 heterocycles. The third-order valence-corrected chi connectivity index (χ3v) is 8.69. The number of nitrogens with one attached hydrogen (secondary N) is 2. The van der Waals surface area contributed by atoms with Crippen molar-refractivity contribution in [3.05, 3.63) is 24.0 Å². The number of likely N-dealkylation sites (tertiary alicyclic amines) is 1. The molecule has 3 aliphatic heterocycles. The Hall–Kier alpha value is -1.77. The molecule has 2 aliphatic carbocycles. The maximum Gasteiger partial charge on any atom is 0.250 e. The number of aromatic nitrogens is 2. The van der Waals surface area contributed by atoms with Crippen molar-refractivity contribution < 1.29 is 9.32 Å². The number of hydrazine groups is 1. The van der Waals surface area contributed by atoms with Crippen LogP contribution in [0, 0.1) is 22.7 Å². The van der Waals surface area contributed by atoms with Gasteiger partial charge in [0, 0.05) is 55.7 Å². The molecule has 0 radical (unpaired) electrons. The van der Waals surface area contributed by atoms with Gasteiger partial charge >= 0.3 is 0 Å². The molecule has 4 atom stereocenters. The lowest BCUT2D eigenvalue weighted by molar-refractivity contribution is -0.109. The smallest absolute Gasteiger partial charge is 0.250 e. The first kappa shape index (κ1) is 23.0. The van der Waals surface area contributed by atoms with Crippen LogP contribution in [-0.4, -0.2) is 65.6 Å². The standard InChI is InChI=1S/C19H30N6O.C6H10O/c1-13(25-8-7-16(22-25)14-5-3-4-6-14)18-21-17(23-26-18)15-9-20-10-19(15)11-24(2)12-19;1-6(2)3-5(6)4-7/h7-8,13-16,20,22H,3-6,9-12H2,1-2H3;4-5H,3H2,1-2H3. The Bertz CT molecular complexity index is 870. The van der Waals surface area contributed by atoms with Gasteiger partial charge in [0.25, 0.3) is 5.89 Å². The second-order valence-corrected chi connectivity index (χ2v) is 11.8. The minimum atomic E-state index is 0.0493. The summed E-state index contributed by atoms with van der Waals surface area (Å²) in [6.45, 7) is 10.6. The van der Waals surface area contributed by atoms with Crippen molar-refractivity contribution in [3.63, 3.8) is 0 Å². The predicted molar refractivity (Wildman–Crippen MR) is 126 cm³/mol. The van der Waals surface area contributed by atoms with Gasteiger partial charge in [-0.05, 0) is 50.6 Å². The normalized spacial score (nSPS) is 33.1. The first-order chi connectivity index (χ1) is 15.8. The maximum atomic E-state index is 9.98. The molecule has 2 N–H and O–H groups in total. The lowest BCUT2D eigenvalue weighted by Crippen LogP contribution is -2.57. The van der Waals surface area contributed by atoms with E-state index in [1.54, 1.807) is 0 Å². The molecule has 5 aliphatic rings. The minimum Gasteiger partial charge on any atom is -0.337 e. The Kier molecular flexibility index (Phi) is 6.12. The second-order valence-electron chi connectivity index (χ2n) is 11.8. The van der Waals surface area contributed by atoms with E-state index >= 15 is 0 Å². The summed E-state index contributed by atoms with van der Waals surface area (Å²) in [5, 5.41) is 10.0. The molecule has 1 spiro atoms. The van der Waals surface area contributed by atoms with Gasteiger partial charge in [-0.1, -0.05) is 31.8 Å². The van der Waals surface area contributed by atoms with Crippen molar-refractivity contribution in [3.8, 4) is 0 Å². The molecule has 0 bridgehead atoms. The highest BCUT2D eigenvalue weighted by atomic mass is 16.5. The van der Waals surface area contributed by atoms with Crippen LogP contribution in [0.1, 0.15) is 76.6 Å². The summed E-state index contributed by atoms with van der Waals surface area (Å²) in [7, 11) is 2.18. The van der Waals surface area contributed by atoms with E-state index in [2.05, 4.69) is 65.9 Å². The zero-order valence-electron chi connectivity index (χ0n) is 20.6. The number of aldehydes is 1. The van der Waals surface area contributed by atoms with E-state index in [4.69, 9.17) is 9.51 Å². The van der Waals surface area contributed by atoms with E-state index in [1.165, 1.54) is 25.7 Å². The predicted octanol–water partition coefficient (Wildman–Crippen LogP) is 2.87. The van der Waals surface area contributed by atoms with E-state index in [0.717, 1.165) is 50.6 Å². The zero-order valence-corrected chi connectivity index (χ0v) is 20.6. The first-order valence-electron chi connectivity index (χ1n) is 12.7. The maximum absolute atomic E-state index is 9.98. The molecule has 0 aromatic carbocycles. The number of carbonyl (C=O) groups is 1. The van der Waals surface area contributed by atoms with Crippen molar-refractivity contribution in [2.75, 3.05) is 33.2 Å². The Morgan fingerprint density at radius 3 is 2.61 bits per heavy atom. The van der Waals surface area contributed by atoms with Crippen LogP contribution in [0.3, 0.4) is 0 Å². The van der Waals surface area contributed by atoms with Crippen LogP contribution in [-0.2, 0) is 4.79 Å². The molecule has 2 saturated carbocycles. The SMILES string of the molecule is CC(c1nc(C2CNCC23CN(C)C3)no1)N1C=CC(C2CCCC2)N1.CC1(C)CC1C=O. The topological polar surface area (TPSA) is 86.5 Å². The van der Waals surface area contributed by atoms with E-state index in [9.17, 15) is 4.79 Å². The van der Waals surface area contributed by atoms with Crippen LogP contribution < -0.4 is 10.7 Å². The fourth-order valence-electron chi connectivity index (χ4n) is 6.21. The van der Waals surface area contributed by atoms with Crippen LogP contribution in [0.2, 0.25) is 0 Å². The highest BCUT2D eigenvalue weighted by Gasteiger charge is 2.52. The van der Waals surface area contributed by atoms with Gasteiger partial charge in [-0.2, -0.15) is 4.98 Å². The van der Waals surface area contributed by atoms with Crippen molar-refractivity contribution >= 4 is 6.29 Å². The molecular weight excluding hydrogens is 416 g/mol. The van der Waals surface area contributed by atoms with Crippen LogP contribution >= 0.6 is 0 Å². The molecule has 8 heteroatoms. The van der Waals surface area contributed by atoms with Gasteiger partial charge in [0.05, 0.1) is 0 Å². The van der Waals surface area contributed by atoms with Crippen LogP contribution in [0.5, 0.6) is 0 Å². The molecule has 2 saturated heterocycles. The fourth-order valence-corrected chi connectivity index (χ4v) is 6.21. The van der Waals surface area contributed by atoms with E-state index in [-0.39, 0.29) is 6.04 Å². The van der Waals surface area contributed by atoms with Gasteiger partial charge in [0.1, 0.15) is 12.3 Å². The van der Waals surface area contributed by atoms with Crippen molar-refractivity contribution in [1.82, 2.24) is 30.8 Å². The van der Waals surface area contributed by atoms with Crippen LogP contribution in [0.4, 0.5) is 0 Å². The molecular formula is C25H40N6O2. The molecule has 1 aromatic heterocycles. The van der Waals surface area contributed by atoms with Gasteiger partial charge in [0.15, 0.2) is 5.82 Å². The summed E-state index contributed by atoms with van der Waals surface area (Å²) < 4.78 is 5.68. The van der Waals surface area contributed by atoms with E-state index in [0.29, 0.717) is 34.6 Å². The molecule has 4 unspecified atom stereocenters. The summed E-state index contributed by atoms with van der Waals surface area (Å²) in [6, 6.07) is 0.503. The van der Waals surface area contributed by atoms with Gasteiger partial charge in [-0.3, -0.25) is 0 Å². The summed E-state index contributed by atoms with van der Waals surface area (Å²) in [5.74, 6) is 3.07. The van der Waals surface area contributed by atoms with Crippen molar-refractivity contribution in [2.45, 2.75) is 70.9 Å². The number of rotatable bonds is 5. The average molecular weight is 457 g/mol. The van der Waals surface area contributed by atoms with Crippen LogP contribution in [0.25, 0.3) is 0 Å². The second kappa shape index (κ2) is 8.78. The Balaban J connectivity index is 0.000000281. The van der Waals surface area contributed by atoms with Crippen molar-refractivity contribution in [1.29, 1.82) is 0 Å². The average Bonchev–Trinajstić information content (AvgIpc) is 3.42. The zero-order chi connectivity index (χ0) is 23.2. The summed E-state index contributed by atoms with van der Waals surface area (Å²) in [5.41, 5.74) is 4.27. The molecule has 182 valence electrons. The quantitative estimate of drug-likeness (QED) is 0.654. The Labute approximate surface area is 197 Å². The first-order valence-corrected chi connectivity index (χ1v) is 12.7. The molecule has 6 rings (SSSR count). The largest absolute Gasteiger partial charge is 0.337 e. The number of nitrogens with zero attached hydrogens (tertiary/aromatic N) is 4. The summed E-state index contributed by atoms with van der Waals surface area (Å²) in [6.07, 6.45) is 12.0. The van der Waals surface area contributed by atoms with Gasteiger partial charge in [-0.15, -0.1) is 0 Å². The number of carbonyl (C=O) groups excluding carboxylic acids is 1. The molecule has 33 heavy (non-hydrogen) atoms. The molecule has 0 amide bonds. The van der Waals surface area contributed by atoms with E-state index in [1.807, 2.05) is 0 Å². The number of hydrogen-bond donors (Lipinski definition) is 2. The Morgan fingerprint density at radius 1 is 1.27 bits per heavy atom. The lowest BCUT2D eigenvalue weighted by atomic mass is 9.71. The summed E-state index contributed by atoms with van der Waals surface area (Å²) in [4.78, 5) is 17.2. The van der Waals surface area contributed by atoms with Crippen LogP contribution in [0.15, 0.2) is 16.8 Å². The fraction of sp³-hybridized carbons (Fsp3) is 0.800. The van der Waals surface area contributed by atoms with Gasteiger partial charge in [-0.25, -0.2) is 5.43 Å². The van der Waals surface area contributed by atoms with Gasteiger partial charge < -0.3 is 24.5 Å². The highest BCUT2D eigenvalue weighted by molar-refractivity contribution is 5.59. The Morgan fingerprint density at radius 2 is 2.00 bits per heavy atom. The third-order valence-electron chi connectivity index (χ3n) is 8.69. The number of hydrogen-bond acceptors (Lipinski definition) is 8. The van der Waals surface area contributed by atoms with Crippen molar-refractivity contribution in [2.24, 2.45) is 22.7 Å².